The number of fused-ring (bicyclic) bond motifs is 1. The Balaban J connectivity index is 1.53. The fraction of sp³-hybridized carbons (Fsp3) is 0.394. The molecular weight excluding hydrogens is 620 g/mol. The zero-order valence-corrected chi connectivity index (χ0v) is 27.6. The van der Waals surface area contributed by atoms with Crippen LogP contribution in [0.1, 0.15) is 45.2 Å². The molecule has 0 spiro atoms. The van der Waals surface area contributed by atoms with Crippen molar-refractivity contribution in [3.8, 4) is 11.4 Å². The summed E-state index contributed by atoms with van der Waals surface area (Å²) in [5.74, 6) is -1.07. The van der Waals surface area contributed by atoms with Gasteiger partial charge in [-0.1, -0.05) is 51.1 Å². The van der Waals surface area contributed by atoms with Gasteiger partial charge in [-0.25, -0.2) is 19.2 Å². The average molecular weight is 659 g/mol. The highest BCUT2D eigenvalue weighted by atomic mass is 28.4. The highest BCUT2D eigenvalue weighted by Crippen LogP contribution is 2.38. The Bertz CT molecular complexity index is 1720. The number of aryl methyl sites for hydroxylation is 1. The predicted octanol–water partition coefficient (Wildman–Crippen LogP) is 7.71. The number of hydrogen-bond donors (Lipinski definition) is 1. The second-order valence-electron chi connectivity index (χ2n) is 12.7. The lowest BCUT2D eigenvalue weighted by Gasteiger charge is -2.41. The molecule has 0 aliphatic heterocycles. The number of benzene rings is 2. The lowest BCUT2D eigenvalue weighted by Crippen LogP contribution is -2.51. The van der Waals surface area contributed by atoms with Crippen LogP contribution in [0.15, 0.2) is 71.9 Å². The van der Waals surface area contributed by atoms with Crippen LogP contribution in [0.4, 0.5) is 22.4 Å². The fourth-order valence-electron chi connectivity index (χ4n) is 4.54. The van der Waals surface area contributed by atoms with Crippen molar-refractivity contribution in [2.45, 2.75) is 83.7 Å². The molecule has 0 bridgehead atoms. The summed E-state index contributed by atoms with van der Waals surface area (Å²) in [4.78, 5) is 33.4. The quantitative estimate of drug-likeness (QED) is 0.139. The second-order valence-corrected chi connectivity index (χ2v) is 17.5. The number of alkyl halides is 3. The standard InChI is InChI=1S/C33H38F4N4O4Si/c1-21(40-31(43)44-20-22-10-8-7-9-11-22)28(45-46(5,6)32(2,3)4)13-15-41-14-12-23-16-26(27(34)17-25(23)30(41)42)29-38-18-24(19-39-29)33(35,36)37/h7-12,14,16-19,21,28H,13,15,20H2,1-6H3,(H,40,43)/t21-,28?/m0/s1. The number of ether oxygens (including phenoxy) is 1. The first-order chi connectivity index (χ1) is 21.5. The molecule has 46 heavy (non-hydrogen) atoms. The molecule has 4 aromatic rings. The molecule has 2 atom stereocenters. The van der Waals surface area contributed by atoms with Crippen LogP contribution in [0.25, 0.3) is 22.2 Å². The summed E-state index contributed by atoms with van der Waals surface area (Å²) in [5.41, 5.74) is -0.777. The number of hydrogen-bond acceptors (Lipinski definition) is 6. The molecule has 0 radical (unpaired) electrons. The van der Waals surface area contributed by atoms with E-state index in [0.29, 0.717) is 24.2 Å². The first-order valence-electron chi connectivity index (χ1n) is 14.8. The largest absolute Gasteiger partial charge is 0.445 e. The molecule has 0 saturated carbocycles. The molecule has 13 heteroatoms. The number of alkyl carbamates (subject to hydrolysis) is 1. The molecule has 0 aliphatic rings. The first-order valence-corrected chi connectivity index (χ1v) is 17.7. The Morgan fingerprint density at radius 2 is 1.70 bits per heavy atom. The van der Waals surface area contributed by atoms with Gasteiger partial charge >= 0.3 is 12.3 Å². The van der Waals surface area contributed by atoms with Crippen molar-refractivity contribution < 1.29 is 31.5 Å². The van der Waals surface area contributed by atoms with E-state index < -0.39 is 49.7 Å². The number of aromatic nitrogens is 3. The van der Waals surface area contributed by atoms with Crippen molar-refractivity contribution >= 4 is 25.2 Å². The minimum Gasteiger partial charge on any atom is -0.445 e. The van der Waals surface area contributed by atoms with Gasteiger partial charge in [0.15, 0.2) is 14.1 Å². The van der Waals surface area contributed by atoms with Crippen LogP contribution in [0.2, 0.25) is 18.1 Å². The fourth-order valence-corrected chi connectivity index (χ4v) is 5.98. The number of carbonyl (C=O) groups is 1. The number of nitrogens with zero attached hydrogens (tertiary/aromatic N) is 3. The van der Waals surface area contributed by atoms with Gasteiger partial charge in [-0.2, -0.15) is 13.2 Å². The van der Waals surface area contributed by atoms with E-state index in [0.717, 1.165) is 11.6 Å². The topological polar surface area (TPSA) is 95.3 Å². The number of pyridine rings is 1. The van der Waals surface area contributed by atoms with Gasteiger partial charge in [-0.3, -0.25) is 4.79 Å². The Labute approximate surface area is 265 Å². The number of amides is 1. The molecular formula is C33H38F4N4O4Si. The van der Waals surface area contributed by atoms with Crippen molar-refractivity contribution in [1.82, 2.24) is 19.9 Å². The van der Waals surface area contributed by atoms with Crippen LogP contribution < -0.4 is 10.9 Å². The van der Waals surface area contributed by atoms with Crippen LogP contribution in [0, 0.1) is 5.82 Å². The van der Waals surface area contributed by atoms with Crippen LogP contribution in [-0.4, -0.2) is 41.1 Å². The van der Waals surface area contributed by atoms with Gasteiger partial charge in [-0.15, -0.1) is 0 Å². The van der Waals surface area contributed by atoms with E-state index in [-0.39, 0.29) is 35.0 Å². The highest BCUT2D eigenvalue weighted by Gasteiger charge is 2.40. The third-order valence-corrected chi connectivity index (χ3v) is 12.8. The summed E-state index contributed by atoms with van der Waals surface area (Å²) in [6.45, 7) is 12.7. The molecule has 2 heterocycles. The van der Waals surface area contributed by atoms with Gasteiger partial charge in [0.05, 0.1) is 28.7 Å². The minimum absolute atomic E-state index is 0.0909. The molecule has 8 nitrogen and oxygen atoms in total. The van der Waals surface area contributed by atoms with Crippen molar-refractivity contribution in [3.63, 3.8) is 0 Å². The monoisotopic (exact) mass is 658 g/mol. The van der Waals surface area contributed by atoms with Gasteiger partial charge in [-0.05, 0) is 60.6 Å². The van der Waals surface area contributed by atoms with Gasteiger partial charge in [0.1, 0.15) is 12.4 Å². The Morgan fingerprint density at radius 1 is 1.04 bits per heavy atom. The molecule has 0 saturated heterocycles. The van der Waals surface area contributed by atoms with Gasteiger partial charge < -0.3 is 19.0 Å². The molecule has 1 amide bonds. The Hall–Kier alpha value is -4.10. The maximum Gasteiger partial charge on any atom is 0.419 e. The van der Waals surface area contributed by atoms with Crippen molar-refractivity contribution in [1.29, 1.82) is 0 Å². The van der Waals surface area contributed by atoms with Crippen LogP contribution in [0.3, 0.4) is 0 Å². The SMILES string of the molecule is C[C@H](NC(=O)OCc1ccccc1)C(CCn1ccc2cc(-c3ncc(C(F)(F)F)cn3)c(F)cc2c1=O)O[Si](C)(C)C(C)(C)C. The molecule has 1 unspecified atom stereocenters. The zero-order chi connectivity index (χ0) is 33.9. The lowest BCUT2D eigenvalue weighted by molar-refractivity contribution is -0.138. The summed E-state index contributed by atoms with van der Waals surface area (Å²) in [7, 11) is -2.31. The van der Waals surface area contributed by atoms with Gasteiger partial charge in [0.25, 0.3) is 5.56 Å². The van der Waals surface area contributed by atoms with E-state index in [1.807, 2.05) is 37.3 Å². The number of nitrogens with one attached hydrogen (secondary N) is 1. The summed E-state index contributed by atoms with van der Waals surface area (Å²) < 4.78 is 67.4. The average Bonchev–Trinajstić information content (AvgIpc) is 2.98. The van der Waals surface area contributed by atoms with Gasteiger partial charge in [0.2, 0.25) is 0 Å². The van der Waals surface area contributed by atoms with E-state index >= 15 is 4.39 Å². The lowest BCUT2D eigenvalue weighted by atomic mass is 10.1. The number of halogens is 4. The van der Waals surface area contributed by atoms with Crippen LogP contribution >= 0.6 is 0 Å². The van der Waals surface area contributed by atoms with E-state index in [2.05, 4.69) is 49.1 Å². The smallest absolute Gasteiger partial charge is 0.419 e. The maximum absolute atomic E-state index is 15.1. The minimum atomic E-state index is -4.63. The normalized spacial score (nSPS) is 13.8. The third-order valence-electron chi connectivity index (χ3n) is 8.31. The summed E-state index contributed by atoms with van der Waals surface area (Å²) >= 11 is 0. The summed E-state index contributed by atoms with van der Waals surface area (Å²) in [6, 6.07) is 12.9. The molecule has 4 rings (SSSR count). The van der Waals surface area contributed by atoms with Crippen LogP contribution in [0.5, 0.6) is 0 Å². The Morgan fingerprint density at radius 3 is 2.30 bits per heavy atom. The summed E-state index contributed by atoms with van der Waals surface area (Å²) in [5, 5.41) is 3.22. The third kappa shape index (κ3) is 8.38. The molecule has 0 fully saturated rings. The molecule has 246 valence electrons. The predicted molar refractivity (Wildman–Crippen MR) is 170 cm³/mol. The maximum atomic E-state index is 15.1. The van der Waals surface area contributed by atoms with E-state index in [1.165, 1.54) is 10.6 Å². The molecule has 2 aromatic carbocycles. The number of carbonyl (C=O) groups excluding carboxylic acids is 1. The summed E-state index contributed by atoms with van der Waals surface area (Å²) in [6.07, 6.45) is -2.58. The second kappa shape index (κ2) is 13.7. The highest BCUT2D eigenvalue weighted by molar-refractivity contribution is 6.74. The van der Waals surface area contributed by atoms with Crippen molar-refractivity contribution in [3.05, 3.63) is 94.4 Å². The molecule has 1 N–H and O–H groups in total. The van der Waals surface area contributed by atoms with Crippen LogP contribution in [-0.2, 0) is 28.5 Å². The molecule has 0 aliphatic carbocycles. The Kier molecular flexibility index (Phi) is 10.4. The zero-order valence-electron chi connectivity index (χ0n) is 26.6. The van der Waals surface area contributed by atoms with E-state index in [1.54, 1.807) is 12.3 Å². The van der Waals surface area contributed by atoms with E-state index in [9.17, 15) is 22.8 Å². The molecule has 2 aromatic heterocycles. The van der Waals surface area contributed by atoms with E-state index in [4.69, 9.17) is 9.16 Å². The van der Waals surface area contributed by atoms with Crippen molar-refractivity contribution in [2.24, 2.45) is 0 Å². The van der Waals surface area contributed by atoms with Gasteiger partial charge in [0, 0.05) is 25.1 Å². The first kappa shape index (κ1) is 34.8. The number of rotatable bonds is 10. The van der Waals surface area contributed by atoms with Crippen molar-refractivity contribution in [2.75, 3.05) is 0 Å².